The van der Waals surface area contributed by atoms with Crippen molar-refractivity contribution in [1.29, 1.82) is 0 Å². The van der Waals surface area contributed by atoms with Crippen LogP contribution in [0.1, 0.15) is 12.8 Å². The number of nitrogens with zero attached hydrogens (tertiary/aromatic N) is 2. The van der Waals surface area contributed by atoms with Crippen LogP contribution in [0.2, 0.25) is 0 Å². The maximum atomic E-state index is 12.4. The first kappa shape index (κ1) is 15.4. The minimum absolute atomic E-state index is 0.0387. The van der Waals surface area contributed by atoms with E-state index >= 15 is 0 Å². The van der Waals surface area contributed by atoms with Crippen LogP contribution in [0.5, 0.6) is 0 Å². The van der Waals surface area contributed by atoms with E-state index in [-0.39, 0.29) is 11.9 Å². The number of morpholine rings is 1. The molecule has 4 rings (SSSR count). The molecule has 1 amide bonds. The average molecular weight is 326 g/mol. The number of hydrogen-bond donors (Lipinski definition) is 2. The molecule has 6 nitrogen and oxygen atoms in total. The van der Waals surface area contributed by atoms with Crippen LogP contribution in [0.25, 0.3) is 10.8 Å². The maximum Gasteiger partial charge on any atom is 0.241 e. The van der Waals surface area contributed by atoms with Gasteiger partial charge in [0.1, 0.15) is 0 Å². The van der Waals surface area contributed by atoms with Gasteiger partial charge >= 0.3 is 0 Å². The number of fused-ring (bicyclic) bond motifs is 1. The third-order valence-electron chi connectivity index (χ3n) is 4.78. The zero-order chi connectivity index (χ0) is 16.4. The van der Waals surface area contributed by atoms with E-state index in [1.807, 2.05) is 18.3 Å². The summed E-state index contributed by atoms with van der Waals surface area (Å²) in [6.07, 6.45) is 5.58. The molecule has 2 aromatic rings. The predicted octanol–water partition coefficient (Wildman–Crippen LogP) is 1.76. The maximum absolute atomic E-state index is 12.4. The quantitative estimate of drug-likeness (QED) is 0.900. The van der Waals surface area contributed by atoms with Gasteiger partial charge < -0.3 is 20.3 Å². The molecular weight excluding hydrogens is 304 g/mol. The summed E-state index contributed by atoms with van der Waals surface area (Å²) in [6.45, 7) is 4.18. The smallest absolute Gasteiger partial charge is 0.241 e. The van der Waals surface area contributed by atoms with E-state index in [2.05, 4.69) is 26.6 Å². The highest BCUT2D eigenvalue weighted by Crippen LogP contribution is 2.32. The number of rotatable bonds is 3. The normalized spacial score (nSPS) is 21.2. The lowest BCUT2D eigenvalue weighted by atomic mass is 10.1. The van der Waals surface area contributed by atoms with Gasteiger partial charge in [0, 0.05) is 41.9 Å². The first-order chi connectivity index (χ1) is 11.8. The van der Waals surface area contributed by atoms with E-state index in [4.69, 9.17) is 4.74 Å². The molecule has 3 heterocycles. The molecule has 6 heteroatoms. The fourth-order valence-electron chi connectivity index (χ4n) is 3.49. The van der Waals surface area contributed by atoms with Crippen molar-refractivity contribution in [3.8, 4) is 0 Å². The van der Waals surface area contributed by atoms with Crippen LogP contribution in [0.15, 0.2) is 30.6 Å². The lowest BCUT2D eigenvalue weighted by molar-refractivity contribution is -0.117. The monoisotopic (exact) mass is 326 g/mol. The van der Waals surface area contributed by atoms with Crippen LogP contribution in [0.4, 0.5) is 11.4 Å². The summed E-state index contributed by atoms with van der Waals surface area (Å²) in [4.78, 5) is 19.0. The molecule has 2 aliphatic heterocycles. The van der Waals surface area contributed by atoms with Gasteiger partial charge in [-0.25, -0.2) is 0 Å². The molecule has 2 N–H and O–H groups in total. The van der Waals surface area contributed by atoms with Gasteiger partial charge in [0.15, 0.2) is 0 Å². The molecule has 2 aliphatic rings. The Hall–Kier alpha value is -2.18. The SMILES string of the molecule is O=C(Nc1ccc(N2CCOCC2)c2ccncc12)C1CCCN1. The second-order valence-corrected chi connectivity index (χ2v) is 6.29. The zero-order valence-electron chi connectivity index (χ0n) is 13.6. The van der Waals surface area contributed by atoms with Crippen molar-refractivity contribution in [2.75, 3.05) is 43.1 Å². The minimum Gasteiger partial charge on any atom is -0.378 e. The highest BCUT2D eigenvalue weighted by Gasteiger charge is 2.23. The van der Waals surface area contributed by atoms with Gasteiger partial charge in [-0.3, -0.25) is 9.78 Å². The summed E-state index contributed by atoms with van der Waals surface area (Å²) in [6, 6.07) is 6.01. The minimum atomic E-state index is -0.0874. The number of carbonyl (C=O) groups is 1. The number of nitrogens with one attached hydrogen (secondary N) is 2. The lowest BCUT2D eigenvalue weighted by Gasteiger charge is -2.30. The van der Waals surface area contributed by atoms with Crippen LogP contribution >= 0.6 is 0 Å². The third-order valence-corrected chi connectivity index (χ3v) is 4.78. The summed E-state index contributed by atoms with van der Waals surface area (Å²) in [7, 11) is 0. The van der Waals surface area contributed by atoms with Gasteiger partial charge in [-0.05, 0) is 37.6 Å². The predicted molar refractivity (Wildman–Crippen MR) is 94.4 cm³/mol. The van der Waals surface area contributed by atoms with Gasteiger partial charge in [-0.2, -0.15) is 0 Å². The van der Waals surface area contributed by atoms with Crippen molar-refractivity contribution < 1.29 is 9.53 Å². The Bertz CT molecular complexity index is 737. The number of benzene rings is 1. The second-order valence-electron chi connectivity index (χ2n) is 6.29. The Balaban J connectivity index is 1.66. The first-order valence-electron chi connectivity index (χ1n) is 8.56. The molecule has 0 saturated carbocycles. The fraction of sp³-hybridized carbons (Fsp3) is 0.444. The Morgan fingerprint density at radius 2 is 2.12 bits per heavy atom. The lowest BCUT2D eigenvalue weighted by Crippen LogP contribution is -2.36. The largest absolute Gasteiger partial charge is 0.378 e. The van der Waals surface area contributed by atoms with E-state index in [9.17, 15) is 4.79 Å². The number of aromatic nitrogens is 1. The highest BCUT2D eigenvalue weighted by atomic mass is 16.5. The molecule has 1 aromatic carbocycles. The molecule has 24 heavy (non-hydrogen) atoms. The van der Waals surface area contributed by atoms with E-state index in [0.29, 0.717) is 0 Å². The van der Waals surface area contributed by atoms with Crippen molar-refractivity contribution in [2.24, 2.45) is 0 Å². The fourth-order valence-corrected chi connectivity index (χ4v) is 3.49. The molecule has 0 aliphatic carbocycles. The Morgan fingerprint density at radius 3 is 2.92 bits per heavy atom. The molecular formula is C18H22N4O2. The molecule has 0 spiro atoms. The van der Waals surface area contributed by atoms with E-state index < -0.39 is 0 Å². The van der Waals surface area contributed by atoms with Gasteiger partial charge in [0.25, 0.3) is 0 Å². The molecule has 1 aromatic heterocycles. The number of carbonyl (C=O) groups excluding carboxylic acids is 1. The van der Waals surface area contributed by atoms with Gasteiger partial charge in [0.2, 0.25) is 5.91 Å². The number of ether oxygens (including phenoxy) is 1. The van der Waals surface area contributed by atoms with Crippen molar-refractivity contribution in [3.63, 3.8) is 0 Å². The van der Waals surface area contributed by atoms with E-state index in [0.717, 1.165) is 62.1 Å². The van der Waals surface area contributed by atoms with E-state index in [1.165, 1.54) is 5.69 Å². The van der Waals surface area contributed by atoms with Crippen LogP contribution < -0.4 is 15.5 Å². The number of hydrogen-bond acceptors (Lipinski definition) is 5. The van der Waals surface area contributed by atoms with Gasteiger partial charge in [-0.15, -0.1) is 0 Å². The van der Waals surface area contributed by atoms with Gasteiger partial charge in [0.05, 0.1) is 24.9 Å². The zero-order valence-corrected chi connectivity index (χ0v) is 13.6. The Kier molecular flexibility index (Phi) is 4.32. The molecule has 0 bridgehead atoms. The second kappa shape index (κ2) is 6.75. The summed E-state index contributed by atoms with van der Waals surface area (Å²) in [5, 5.41) is 8.40. The van der Waals surface area contributed by atoms with Crippen LogP contribution in [-0.2, 0) is 9.53 Å². The third kappa shape index (κ3) is 2.95. The molecule has 0 radical (unpaired) electrons. The average Bonchev–Trinajstić information content (AvgIpc) is 3.17. The molecule has 126 valence electrons. The number of pyridine rings is 1. The first-order valence-corrected chi connectivity index (χ1v) is 8.56. The summed E-state index contributed by atoms with van der Waals surface area (Å²) in [5.41, 5.74) is 2.00. The summed E-state index contributed by atoms with van der Waals surface area (Å²) in [5.74, 6) is 0.0387. The number of anilines is 2. The standard InChI is InChI=1S/C18H22N4O2/c23-18(16-2-1-6-20-16)21-15-3-4-17(22-8-10-24-11-9-22)13-5-7-19-12-14(13)15/h3-5,7,12,16,20H,1-2,6,8-11H2,(H,21,23). The van der Waals surface area contributed by atoms with Crippen molar-refractivity contribution in [3.05, 3.63) is 30.6 Å². The summed E-state index contributed by atoms with van der Waals surface area (Å²) < 4.78 is 5.45. The molecule has 1 atom stereocenters. The van der Waals surface area contributed by atoms with Crippen molar-refractivity contribution in [2.45, 2.75) is 18.9 Å². The van der Waals surface area contributed by atoms with Crippen LogP contribution in [0.3, 0.4) is 0 Å². The molecule has 2 fully saturated rings. The number of amides is 1. The van der Waals surface area contributed by atoms with E-state index in [1.54, 1.807) is 6.20 Å². The Morgan fingerprint density at radius 1 is 1.25 bits per heavy atom. The van der Waals surface area contributed by atoms with Crippen LogP contribution in [-0.4, -0.2) is 49.8 Å². The van der Waals surface area contributed by atoms with Gasteiger partial charge in [-0.1, -0.05) is 0 Å². The molecule has 2 saturated heterocycles. The Labute approximate surface area is 141 Å². The topological polar surface area (TPSA) is 66.5 Å². The highest BCUT2D eigenvalue weighted by molar-refractivity contribution is 6.07. The van der Waals surface area contributed by atoms with Crippen molar-refractivity contribution in [1.82, 2.24) is 10.3 Å². The summed E-state index contributed by atoms with van der Waals surface area (Å²) >= 11 is 0. The molecule has 1 unspecified atom stereocenters. The van der Waals surface area contributed by atoms with Crippen molar-refractivity contribution >= 4 is 28.1 Å². The van der Waals surface area contributed by atoms with Crippen LogP contribution in [0, 0.1) is 0 Å².